The highest BCUT2D eigenvalue weighted by molar-refractivity contribution is 7.21. The van der Waals surface area contributed by atoms with E-state index in [-0.39, 0.29) is 12.0 Å². The first-order valence-electron chi connectivity index (χ1n) is 9.23. The van der Waals surface area contributed by atoms with Gasteiger partial charge in [0.25, 0.3) is 5.91 Å². The predicted octanol–water partition coefficient (Wildman–Crippen LogP) is 6.66. The summed E-state index contributed by atoms with van der Waals surface area (Å²) >= 11 is 8.08. The maximum atomic E-state index is 12.5. The molecule has 146 valence electrons. The van der Waals surface area contributed by atoms with Crippen LogP contribution in [-0.4, -0.2) is 17.0 Å². The van der Waals surface area contributed by atoms with Crippen LogP contribution in [0.15, 0.2) is 66.7 Å². The largest absolute Gasteiger partial charge is 0.491 e. The van der Waals surface area contributed by atoms with Gasteiger partial charge in [-0.3, -0.25) is 4.79 Å². The molecule has 1 heterocycles. The second kappa shape index (κ2) is 8.23. The average molecular weight is 423 g/mol. The quantitative estimate of drug-likeness (QED) is 0.391. The third kappa shape index (κ3) is 4.42. The number of hydrogen-bond acceptors (Lipinski definition) is 4. The zero-order valence-corrected chi connectivity index (χ0v) is 17.6. The number of anilines is 1. The van der Waals surface area contributed by atoms with Gasteiger partial charge in [0, 0.05) is 16.8 Å². The van der Waals surface area contributed by atoms with E-state index in [0.29, 0.717) is 16.3 Å². The smallest absolute Gasteiger partial charge is 0.255 e. The van der Waals surface area contributed by atoms with E-state index >= 15 is 0 Å². The number of ether oxygens (including phenoxy) is 1. The number of hydrogen-bond donors (Lipinski definition) is 1. The zero-order valence-electron chi connectivity index (χ0n) is 16.0. The minimum atomic E-state index is -0.204. The summed E-state index contributed by atoms with van der Waals surface area (Å²) in [6, 6.07) is 20.5. The Bertz CT molecular complexity index is 1140. The molecule has 4 nitrogen and oxygen atoms in total. The molecule has 0 bridgehead atoms. The number of thiazole rings is 1. The third-order valence-corrected chi connectivity index (χ3v) is 5.62. The van der Waals surface area contributed by atoms with E-state index in [9.17, 15) is 4.79 Å². The number of fused-ring (bicyclic) bond motifs is 1. The molecule has 0 saturated heterocycles. The number of carbonyl (C=O) groups is 1. The Kier molecular flexibility index (Phi) is 5.51. The molecular formula is C23H19ClN2O2S. The van der Waals surface area contributed by atoms with Crippen molar-refractivity contribution in [1.82, 2.24) is 4.98 Å². The zero-order chi connectivity index (χ0) is 20.4. The fraction of sp³-hybridized carbons (Fsp3) is 0.130. The lowest BCUT2D eigenvalue weighted by Gasteiger charge is -2.11. The van der Waals surface area contributed by atoms with E-state index in [4.69, 9.17) is 16.3 Å². The molecule has 0 fully saturated rings. The topological polar surface area (TPSA) is 51.2 Å². The Balaban J connectivity index is 1.51. The molecule has 0 saturated carbocycles. The van der Waals surface area contributed by atoms with E-state index < -0.39 is 0 Å². The Morgan fingerprint density at radius 3 is 2.52 bits per heavy atom. The molecule has 0 atom stereocenters. The second-order valence-corrected chi connectivity index (χ2v) is 8.26. The predicted molar refractivity (Wildman–Crippen MR) is 120 cm³/mol. The molecule has 4 rings (SSSR count). The lowest BCUT2D eigenvalue weighted by Crippen LogP contribution is -2.12. The Hall–Kier alpha value is -2.89. The number of amides is 1. The summed E-state index contributed by atoms with van der Waals surface area (Å²) in [5.74, 6) is 0.532. The summed E-state index contributed by atoms with van der Waals surface area (Å²) < 4.78 is 6.72. The van der Waals surface area contributed by atoms with Gasteiger partial charge in [-0.1, -0.05) is 23.7 Å². The maximum absolute atomic E-state index is 12.5. The van der Waals surface area contributed by atoms with Crippen LogP contribution in [0.5, 0.6) is 5.75 Å². The van der Waals surface area contributed by atoms with Gasteiger partial charge in [0.15, 0.2) is 0 Å². The van der Waals surface area contributed by atoms with Crippen LogP contribution in [-0.2, 0) is 0 Å². The second-order valence-electron chi connectivity index (χ2n) is 6.83. The van der Waals surface area contributed by atoms with Crippen molar-refractivity contribution in [2.75, 3.05) is 5.32 Å². The maximum Gasteiger partial charge on any atom is 0.255 e. The van der Waals surface area contributed by atoms with E-state index in [0.717, 1.165) is 26.5 Å². The molecule has 0 spiro atoms. The molecule has 0 radical (unpaired) electrons. The molecule has 1 N–H and O–H groups in total. The van der Waals surface area contributed by atoms with Crippen LogP contribution in [0.2, 0.25) is 5.02 Å². The fourth-order valence-electron chi connectivity index (χ4n) is 2.91. The summed E-state index contributed by atoms with van der Waals surface area (Å²) in [4.78, 5) is 17.2. The number of halogens is 1. The standard InChI is InChI=1S/C23H19ClN2O2S/c1-14(2)28-17-10-7-15(8-11-17)22(27)25-16-9-12-18(19(24)13-16)23-26-20-5-3-4-6-21(20)29-23/h3-14H,1-2H3,(H,25,27). The molecule has 1 amide bonds. The van der Waals surface area contributed by atoms with Crippen molar-refractivity contribution in [2.45, 2.75) is 20.0 Å². The first-order chi connectivity index (χ1) is 14.0. The Morgan fingerprint density at radius 2 is 1.83 bits per heavy atom. The van der Waals surface area contributed by atoms with Crippen molar-refractivity contribution in [3.8, 4) is 16.3 Å². The number of nitrogens with one attached hydrogen (secondary N) is 1. The van der Waals surface area contributed by atoms with Crippen molar-refractivity contribution in [3.63, 3.8) is 0 Å². The number of benzene rings is 3. The highest BCUT2D eigenvalue weighted by Crippen LogP contribution is 2.35. The first-order valence-corrected chi connectivity index (χ1v) is 10.4. The molecular weight excluding hydrogens is 404 g/mol. The van der Waals surface area contributed by atoms with Gasteiger partial charge in [-0.25, -0.2) is 4.98 Å². The first kappa shape index (κ1) is 19.4. The summed E-state index contributed by atoms with van der Waals surface area (Å²) in [6.07, 6.45) is 0.0887. The van der Waals surface area contributed by atoms with Crippen molar-refractivity contribution in [3.05, 3.63) is 77.3 Å². The van der Waals surface area contributed by atoms with Crippen molar-refractivity contribution in [2.24, 2.45) is 0 Å². The number of rotatable bonds is 5. The number of carbonyl (C=O) groups excluding carboxylic acids is 1. The van der Waals surface area contributed by atoms with Crippen LogP contribution in [0.25, 0.3) is 20.8 Å². The van der Waals surface area contributed by atoms with Crippen molar-refractivity contribution in [1.29, 1.82) is 0 Å². The molecule has 0 aliphatic heterocycles. The lowest BCUT2D eigenvalue weighted by atomic mass is 10.1. The van der Waals surface area contributed by atoms with Crippen LogP contribution in [0.3, 0.4) is 0 Å². The summed E-state index contributed by atoms with van der Waals surface area (Å²) in [7, 11) is 0. The van der Waals surface area contributed by atoms with Gasteiger partial charge in [0.1, 0.15) is 10.8 Å². The third-order valence-electron chi connectivity index (χ3n) is 4.24. The number of para-hydroxylation sites is 1. The Labute approximate surface area is 178 Å². The van der Waals surface area contributed by atoms with Crippen LogP contribution in [0.1, 0.15) is 24.2 Å². The van der Waals surface area contributed by atoms with Gasteiger partial charge in [-0.05, 0) is 68.4 Å². The number of aromatic nitrogens is 1. The summed E-state index contributed by atoms with van der Waals surface area (Å²) in [6.45, 7) is 3.92. The lowest BCUT2D eigenvalue weighted by molar-refractivity contribution is 0.102. The van der Waals surface area contributed by atoms with E-state index in [1.165, 1.54) is 0 Å². The highest BCUT2D eigenvalue weighted by atomic mass is 35.5. The molecule has 0 aliphatic carbocycles. The molecule has 1 aromatic heterocycles. The molecule has 0 unspecified atom stereocenters. The van der Waals surface area contributed by atoms with Crippen LogP contribution >= 0.6 is 22.9 Å². The fourth-order valence-corrected chi connectivity index (χ4v) is 4.25. The van der Waals surface area contributed by atoms with E-state index in [2.05, 4.69) is 10.3 Å². The molecule has 3 aromatic carbocycles. The SMILES string of the molecule is CC(C)Oc1ccc(C(=O)Nc2ccc(-c3nc4ccccc4s3)c(Cl)c2)cc1. The van der Waals surface area contributed by atoms with Crippen molar-refractivity contribution >= 4 is 44.7 Å². The molecule has 6 heteroatoms. The van der Waals surface area contributed by atoms with Gasteiger partial charge in [-0.15, -0.1) is 11.3 Å². The van der Waals surface area contributed by atoms with Crippen molar-refractivity contribution < 1.29 is 9.53 Å². The Morgan fingerprint density at radius 1 is 1.07 bits per heavy atom. The molecule has 29 heavy (non-hydrogen) atoms. The van der Waals surface area contributed by atoms with E-state index in [1.54, 1.807) is 41.7 Å². The van der Waals surface area contributed by atoms with Gasteiger partial charge >= 0.3 is 0 Å². The summed E-state index contributed by atoms with van der Waals surface area (Å²) in [5.41, 5.74) is 2.98. The normalized spacial score (nSPS) is 11.0. The van der Waals surface area contributed by atoms with Crippen LogP contribution in [0.4, 0.5) is 5.69 Å². The average Bonchev–Trinajstić information content (AvgIpc) is 3.12. The minimum Gasteiger partial charge on any atom is -0.491 e. The van der Waals surface area contributed by atoms with Gasteiger partial charge in [0.2, 0.25) is 0 Å². The minimum absolute atomic E-state index is 0.0887. The van der Waals surface area contributed by atoms with Gasteiger partial charge < -0.3 is 10.1 Å². The molecule has 4 aromatic rings. The monoisotopic (exact) mass is 422 g/mol. The van der Waals surface area contributed by atoms with Crippen LogP contribution < -0.4 is 10.1 Å². The highest BCUT2D eigenvalue weighted by Gasteiger charge is 2.12. The summed E-state index contributed by atoms with van der Waals surface area (Å²) in [5, 5.41) is 4.28. The van der Waals surface area contributed by atoms with E-state index in [1.807, 2.05) is 50.2 Å². The molecule has 0 aliphatic rings. The van der Waals surface area contributed by atoms with Crippen LogP contribution in [0, 0.1) is 0 Å². The van der Waals surface area contributed by atoms with Gasteiger partial charge in [0.05, 0.1) is 21.3 Å². The number of nitrogens with zero attached hydrogens (tertiary/aromatic N) is 1. The van der Waals surface area contributed by atoms with Gasteiger partial charge in [-0.2, -0.15) is 0 Å².